The second kappa shape index (κ2) is 8.28. The van der Waals surface area contributed by atoms with Crippen LogP contribution >= 0.6 is 0 Å². The lowest BCUT2D eigenvalue weighted by atomic mass is 10.2. The molecule has 0 saturated heterocycles. The molecule has 1 heterocycles. The normalized spacial score (nSPS) is 10.2. The highest BCUT2D eigenvalue weighted by atomic mass is 16.5. The molecule has 6 nitrogen and oxygen atoms in total. The van der Waals surface area contributed by atoms with E-state index in [1.165, 1.54) is 19.3 Å². The number of aromatic nitrogens is 2. The maximum atomic E-state index is 10.2. The third kappa shape index (κ3) is 4.81. The first kappa shape index (κ1) is 17.0. The van der Waals surface area contributed by atoms with E-state index in [4.69, 9.17) is 9.84 Å². The van der Waals surface area contributed by atoms with Crippen LogP contribution in [0.1, 0.15) is 5.56 Å². The fourth-order valence-corrected chi connectivity index (χ4v) is 1.89. The zero-order valence-corrected chi connectivity index (χ0v) is 13.0. The summed E-state index contributed by atoms with van der Waals surface area (Å²) in [4.78, 5) is 18.2. The number of ether oxygens (including phenoxy) is 1. The lowest BCUT2D eigenvalue weighted by Crippen LogP contribution is -1.87. The number of aromatic hydroxyl groups is 1. The molecule has 0 spiro atoms. The molecule has 6 heteroatoms. The maximum Gasteiger partial charge on any atom is 0.328 e. The van der Waals surface area contributed by atoms with Gasteiger partial charge in [-0.1, -0.05) is 24.3 Å². The van der Waals surface area contributed by atoms with Crippen LogP contribution in [0.2, 0.25) is 0 Å². The molecule has 0 amide bonds. The molecule has 24 heavy (non-hydrogen) atoms. The van der Waals surface area contributed by atoms with Gasteiger partial charge < -0.3 is 14.9 Å². The molecule has 0 aliphatic carbocycles. The lowest BCUT2D eigenvalue weighted by molar-refractivity contribution is -0.131. The van der Waals surface area contributed by atoms with Gasteiger partial charge >= 0.3 is 5.97 Å². The Morgan fingerprint density at radius 2 is 2.00 bits per heavy atom. The number of rotatable bonds is 3. The SMILES string of the molecule is COc1cc(C=CC(=O)O)ccc1O.c1ccc2ncncc2c1. The van der Waals surface area contributed by atoms with Crippen molar-refractivity contribution in [2.24, 2.45) is 0 Å². The Bertz CT molecular complexity index is 797. The van der Waals surface area contributed by atoms with E-state index in [1.807, 2.05) is 30.5 Å². The van der Waals surface area contributed by atoms with E-state index in [1.54, 1.807) is 18.5 Å². The number of phenolic OH excluding ortho intramolecular Hbond substituents is 1. The van der Waals surface area contributed by atoms with Crippen LogP contribution in [0.15, 0.2) is 61.1 Å². The smallest absolute Gasteiger partial charge is 0.328 e. The van der Waals surface area contributed by atoms with Crippen molar-refractivity contribution in [3.63, 3.8) is 0 Å². The summed E-state index contributed by atoms with van der Waals surface area (Å²) in [5, 5.41) is 18.7. The average molecular weight is 324 g/mol. The minimum Gasteiger partial charge on any atom is -0.504 e. The van der Waals surface area contributed by atoms with Gasteiger partial charge in [-0.25, -0.2) is 14.8 Å². The molecular formula is C18H16N2O4. The summed E-state index contributed by atoms with van der Waals surface area (Å²) in [7, 11) is 1.43. The van der Waals surface area contributed by atoms with E-state index in [9.17, 15) is 9.90 Å². The first-order chi connectivity index (χ1) is 11.6. The number of hydrogen-bond donors (Lipinski definition) is 2. The molecule has 2 N–H and O–H groups in total. The zero-order chi connectivity index (χ0) is 17.4. The molecular weight excluding hydrogens is 308 g/mol. The Hall–Kier alpha value is -3.41. The van der Waals surface area contributed by atoms with Crippen LogP contribution < -0.4 is 4.74 Å². The Morgan fingerprint density at radius 3 is 2.71 bits per heavy atom. The molecule has 0 saturated carbocycles. The molecule has 3 rings (SSSR count). The number of methoxy groups -OCH3 is 1. The molecule has 2 aromatic carbocycles. The number of benzene rings is 2. The van der Waals surface area contributed by atoms with E-state index in [0.717, 1.165) is 17.0 Å². The fraction of sp³-hybridized carbons (Fsp3) is 0.0556. The first-order valence-corrected chi connectivity index (χ1v) is 7.03. The molecule has 122 valence electrons. The van der Waals surface area contributed by atoms with Crippen molar-refractivity contribution in [1.29, 1.82) is 0 Å². The van der Waals surface area contributed by atoms with Gasteiger partial charge in [0, 0.05) is 17.7 Å². The number of hydrogen-bond acceptors (Lipinski definition) is 5. The average Bonchev–Trinajstić information content (AvgIpc) is 2.61. The monoisotopic (exact) mass is 324 g/mol. The van der Waals surface area contributed by atoms with Gasteiger partial charge in [0.1, 0.15) is 6.33 Å². The van der Waals surface area contributed by atoms with E-state index in [0.29, 0.717) is 11.3 Å². The summed E-state index contributed by atoms with van der Waals surface area (Å²) < 4.78 is 4.86. The summed E-state index contributed by atoms with van der Waals surface area (Å²) in [5.74, 6) is -0.672. The molecule has 0 aliphatic rings. The van der Waals surface area contributed by atoms with Crippen LogP contribution in [0.3, 0.4) is 0 Å². The minimum absolute atomic E-state index is 0.0278. The summed E-state index contributed by atoms with van der Waals surface area (Å²) >= 11 is 0. The van der Waals surface area contributed by atoms with Crippen LogP contribution in [0.25, 0.3) is 17.0 Å². The fourth-order valence-electron chi connectivity index (χ4n) is 1.89. The van der Waals surface area contributed by atoms with Crippen molar-refractivity contribution in [2.45, 2.75) is 0 Å². The molecule has 0 unspecified atom stereocenters. The highest BCUT2D eigenvalue weighted by molar-refractivity contribution is 5.85. The second-order valence-corrected chi connectivity index (χ2v) is 4.68. The second-order valence-electron chi connectivity index (χ2n) is 4.68. The number of phenols is 1. The van der Waals surface area contributed by atoms with Gasteiger partial charge in [0.2, 0.25) is 0 Å². The van der Waals surface area contributed by atoms with Gasteiger partial charge in [-0.15, -0.1) is 0 Å². The molecule has 0 atom stereocenters. The first-order valence-electron chi connectivity index (χ1n) is 7.03. The quantitative estimate of drug-likeness (QED) is 0.719. The van der Waals surface area contributed by atoms with Crippen LogP contribution in [-0.2, 0) is 4.79 Å². The van der Waals surface area contributed by atoms with Crippen molar-refractivity contribution in [3.05, 3.63) is 66.6 Å². The topological polar surface area (TPSA) is 92.5 Å². The van der Waals surface area contributed by atoms with Gasteiger partial charge in [0.25, 0.3) is 0 Å². The molecule has 0 fully saturated rings. The highest BCUT2D eigenvalue weighted by Gasteiger charge is 2.00. The molecule has 0 bridgehead atoms. The third-order valence-electron chi connectivity index (χ3n) is 3.04. The van der Waals surface area contributed by atoms with Gasteiger partial charge in [0.15, 0.2) is 11.5 Å². The minimum atomic E-state index is -1.02. The molecule has 1 aromatic heterocycles. The molecule has 3 aromatic rings. The summed E-state index contributed by atoms with van der Waals surface area (Å²) in [5.41, 5.74) is 1.65. The van der Waals surface area contributed by atoms with E-state index in [2.05, 4.69) is 9.97 Å². The van der Waals surface area contributed by atoms with Gasteiger partial charge in [0.05, 0.1) is 12.6 Å². The van der Waals surface area contributed by atoms with Crippen LogP contribution in [0.5, 0.6) is 11.5 Å². The lowest BCUT2D eigenvalue weighted by Gasteiger charge is -2.03. The number of carboxylic acids is 1. The van der Waals surface area contributed by atoms with Crippen molar-refractivity contribution >= 4 is 22.9 Å². The summed E-state index contributed by atoms with van der Waals surface area (Å²) in [6.07, 6.45) is 5.81. The number of aliphatic carboxylic acids is 1. The van der Waals surface area contributed by atoms with Crippen molar-refractivity contribution in [3.8, 4) is 11.5 Å². The van der Waals surface area contributed by atoms with Gasteiger partial charge in [-0.05, 0) is 29.8 Å². The third-order valence-corrected chi connectivity index (χ3v) is 3.04. The standard InChI is InChI=1S/C10H10O4.C8H6N2/c1-14-9-6-7(2-4-8(9)11)3-5-10(12)13;1-2-4-8-7(3-1)5-9-6-10-8/h2-6,11H,1H3,(H,12,13);1-6H. The van der Waals surface area contributed by atoms with E-state index in [-0.39, 0.29) is 5.75 Å². The number of fused-ring (bicyclic) bond motifs is 1. The number of para-hydroxylation sites is 1. The van der Waals surface area contributed by atoms with E-state index >= 15 is 0 Å². The van der Waals surface area contributed by atoms with Gasteiger partial charge in [-0.3, -0.25) is 0 Å². The molecule has 0 radical (unpaired) electrons. The molecule has 0 aliphatic heterocycles. The largest absolute Gasteiger partial charge is 0.504 e. The van der Waals surface area contributed by atoms with Gasteiger partial charge in [-0.2, -0.15) is 0 Å². The van der Waals surface area contributed by atoms with Crippen LogP contribution in [-0.4, -0.2) is 33.3 Å². The number of carbonyl (C=O) groups is 1. The number of nitrogens with zero attached hydrogens (tertiary/aromatic N) is 2. The van der Waals surface area contributed by atoms with Crippen molar-refractivity contribution in [1.82, 2.24) is 9.97 Å². The Labute approximate surface area is 138 Å². The van der Waals surface area contributed by atoms with Crippen LogP contribution in [0, 0.1) is 0 Å². The van der Waals surface area contributed by atoms with Crippen molar-refractivity contribution < 1.29 is 19.7 Å². The Kier molecular flexibility index (Phi) is 5.85. The zero-order valence-electron chi connectivity index (χ0n) is 13.0. The van der Waals surface area contributed by atoms with Crippen molar-refractivity contribution in [2.75, 3.05) is 7.11 Å². The van der Waals surface area contributed by atoms with E-state index < -0.39 is 5.97 Å². The predicted molar refractivity (Wildman–Crippen MR) is 90.9 cm³/mol. The summed E-state index contributed by atoms with van der Waals surface area (Å²) in [6.45, 7) is 0. The maximum absolute atomic E-state index is 10.2. The Balaban J connectivity index is 0.000000182. The summed E-state index contributed by atoms with van der Waals surface area (Å²) in [6, 6.07) is 12.5. The predicted octanol–water partition coefficient (Wildman–Crippen LogP) is 3.13. The number of carboxylic acid groups (broad SMARTS) is 1. The van der Waals surface area contributed by atoms with Crippen LogP contribution in [0.4, 0.5) is 0 Å². The Morgan fingerprint density at radius 1 is 1.21 bits per heavy atom. The highest BCUT2D eigenvalue weighted by Crippen LogP contribution is 2.26.